The van der Waals surface area contributed by atoms with E-state index < -0.39 is 0 Å². The molecule has 3 heteroatoms. The van der Waals surface area contributed by atoms with Gasteiger partial charge < -0.3 is 15.6 Å². The third kappa shape index (κ3) is 1.92. The molecule has 0 bridgehead atoms. The van der Waals surface area contributed by atoms with Gasteiger partial charge in [0, 0.05) is 0 Å². The molecular formula is C10H15NO2. The molecule has 0 unspecified atom stereocenters. The first-order valence-corrected chi connectivity index (χ1v) is 4.26. The molecule has 0 spiro atoms. The quantitative estimate of drug-likeness (QED) is 0.737. The van der Waals surface area contributed by atoms with Crippen LogP contribution in [0.15, 0.2) is 12.1 Å². The van der Waals surface area contributed by atoms with E-state index in [2.05, 4.69) is 0 Å². The van der Waals surface area contributed by atoms with Crippen molar-refractivity contribution in [2.24, 2.45) is 5.73 Å². The second kappa shape index (κ2) is 4.14. The van der Waals surface area contributed by atoms with Crippen LogP contribution in [0, 0.1) is 6.92 Å². The highest BCUT2D eigenvalue weighted by Gasteiger charge is 2.09. The molecule has 3 N–H and O–H groups in total. The zero-order valence-electron chi connectivity index (χ0n) is 8.00. The maximum Gasteiger partial charge on any atom is 0.163 e. The molecule has 0 aliphatic rings. The van der Waals surface area contributed by atoms with E-state index in [9.17, 15) is 5.11 Å². The molecule has 0 heterocycles. The monoisotopic (exact) mass is 181 g/mol. The zero-order chi connectivity index (χ0) is 9.84. The van der Waals surface area contributed by atoms with Crippen LogP contribution >= 0.6 is 0 Å². The molecule has 1 aromatic rings. The third-order valence-corrected chi connectivity index (χ3v) is 2.03. The van der Waals surface area contributed by atoms with Gasteiger partial charge in [-0.05, 0) is 31.0 Å². The Hall–Kier alpha value is -1.22. The minimum atomic E-state index is 0.216. The number of aryl methyl sites for hydroxylation is 1. The van der Waals surface area contributed by atoms with Crippen molar-refractivity contribution in [2.45, 2.75) is 13.3 Å². The van der Waals surface area contributed by atoms with Crippen molar-refractivity contribution in [2.75, 3.05) is 13.7 Å². The zero-order valence-corrected chi connectivity index (χ0v) is 8.00. The fourth-order valence-electron chi connectivity index (χ4n) is 1.29. The highest BCUT2D eigenvalue weighted by molar-refractivity contribution is 5.50. The Kier molecular flexibility index (Phi) is 3.14. The van der Waals surface area contributed by atoms with Gasteiger partial charge in [0.25, 0.3) is 0 Å². The maximum atomic E-state index is 9.64. The van der Waals surface area contributed by atoms with Crippen molar-refractivity contribution in [1.82, 2.24) is 0 Å². The van der Waals surface area contributed by atoms with Crippen LogP contribution < -0.4 is 10.5 Å². The lowest BCUT2D eigenvalue weighted by molar-refractivity contribution is 0.367. The molecule has 1 aromatic carbocycles. The summed E-state index contributed by atoms with van der Waals surface area (Å²) in [7, 11) is 1.55. The average Bonchev–Trinajstić information content (AvgIpc) is 2.12. The summed E-state index contributed by atoms with van der Waals surface area (Å²) in [5.74, 6) is 0.763. The standard InChI is InChI=1S/C10H15NO2/c1-7-3-4-8(5-6-11)10(13-2)9(7)12/h3-4,12H,5-6,11H2,1-2H3. The molecule has 0 aliphatic heterocycles. The van der Waals surface area contributed by atoms with Crippen molar-refractivity contribution >= 4 is 0 Å². The van der Waals surface area contributed by atoms with E-state index in [1.807, 2.05) is 19.1 Å². The van der Waals surface area contributed by atoms with E-state index in [-0.39, 0.29) is 5.75 Å². The van der Waals surface area contributed by atoms with E-state index in [1.165, 1.54) is 0 Å². The summed E-state index contributed by atoms with van der Waals surface area (Å²) in [6.45, 7) is 2.39. The minimum absolute atomic E-state index is 0.216. The van der Waals surface area contributed by atoms with Crippen molar-refractivity contribution in [3.05, 3.63) is 23.3 Å². The number of hydrogen-bond donors (Lipinski definition) is 2. The molecule has 0 saturated heterocycles. The van der Waals surface area contributed by atoms with E-state index >= 15 is 0 Å². The molecule has 72 valence electrons. The highest BCUT2D eigenvalue weighted by atomic mass is 16.5. The number of benzene rings is 1. The Labute approximate surface area is 78.1 Å². The third-order valence-electron chi connectivity index (χ3n) is 2.03. The number of aromatic hydroxyl groups is 1. The minimum Gasteiger partial charge on any atom is -0.504 e. The van der Waals surface area contributed by atoms with Gasteiger partial charge in [-0.25, -0.2) is 0 Å². The number of phenols is 1. The van der Waals surface area contributed by atoms with Crippen molar-refractivity contribution in [3.8, 4) is 11.5 Å². The summed E-state index contributed by atoms with van der Waals surface area (Å²) < 4.78 is 5.10. The van der Waals surface area contributed by atoms with Crippen LogP contribution in [-0.2, 0) is 6.42 Å². The number of phenolic OH excluding ortho intramolecular Hbond substituents is 1. The van der Waals surface area contributed by atoms with E-state index in [4.69, 9.17) is 10.5 Å². The first-order chi connectivity index (χ1) is 6.20. The van der Waals surface area contributed by atoms with Crippen LogP contribution in [0.2, 0.25) is 0 Å². The Morgan fingerprint density at radius 3 is 2.69 bits per heavy atom. The summed E-state index contributed by atoms with van der Waals surface area (Å²) in [6.07, 6.45) is 0.719. The number of ether oxygens (including phenoxy) is 1. The van der Waals surface area contributed by atoms with Gasteiger partial charge in [-0.2, -0.15) is 0 Å². The number of hydrogen-bond acceptors (Lipinski definition) is 3. The predicted molar refractivity (Wildman–Crippen MR) is 52.2 cm³/mol. The van der Waals surface area contributed by atoms with Crippen LogP contribution in [0.25, 0.3) is 0 Å². The predicted octanol–water partition coefficient (Wildman–Crippen LogP) is 1.21. The Morgan fingerprint density at radius 2 is 2.15 bits per heavy atom. The summed E-state index contributed by atoms with van der Waals surface area (Å²) >= 11 is 0. The van der Waals surface area contributed by atoms with Crippen LogP contribution in [0.5, 0.6) is 11.5 Å². The van der Waals surface area contributed by atoms with Crippen LogP contribution in [0.1, 0.15) is 11.1 Å². The number of rotatable bonds is 3. The summed E-state index contributed by atoms with van der Waals surface area (Å²) in [6, 6.07) is 3.80. The van der Waals surface area contributed by atoms with E-state index in [0.717, 1.165) is 17.5 Å². The average molecular weight is 181 g/mol. The fourth-order valence-corrected chi connectivity index (χ4v) is 1.29. The fraction of sp³-hybridized carbons (Fsp3) is 0.400. The summed E-state index contributed by atoms with van der Waals surface area (Å²) in [4.78, 5) is 0. The van der Waals surface area contributed by atoms with Gasteiger partial charge in [0.1, 0.15) is 0 Å². The van der Waals surface area contributed by atoms with Crippen molar-refractivity contribution in [3.63, 3.8) is 0 Å². The van der Waals surface area contributed by atoms with Gasteiger partial charge >= 0.3 is 0 Å². The molecule has 1 rings (SSSR count). The SMILES string of the molecule is COc1c(CCN)ccc(C)c1O. The molecule has 0 amide bonds. The molecule has 0 radical (unpaired) electrons. The normalized spacial score (nSPS) is 10.1. The Balaban J connectivity index is 3.13. The van der Waals surface area contributed by atoms with Crippen LogP contribution in [0.4, 0.5) is 0 Å². The van der Waals surface area contributed by atoms with Gasteiger partial charge in [0.2, 0.25) is 0 Å². The molecule has 0 saturated carbocycles. The lowest BCUT2D eigenvalue weighted by Crippen LogP contribution is -2.04. The van der Waals surface area contributed by atoms with Crippen LogP contribution in [-0.4, -0.2) is 18.8 Å². The lowest BCUT2D eigenvalue weighted by atomic mass is 10.1. The molecule has 13 heavy (non-hydrogen) atoms. The summed E-state index contributed by atoms with van der Waals surface area (Å²) in [5.41, 5.74) is 7.20. The maximum absolute atomic E-state index is 9.64. The second-order valence-electron chi connectivity index (χ2n) is 2.96. The summed E-state index contributed by atoms with van der Waals surface area (Å²) in [5, 5.41) is 9.64. The van der Waals surface area contributed by atoms with Gasteiger partial charge in [-0.15, -0.1) is 0 Å². The van der Waals surface area contributed by atoms with Gasteiger partial charge in [-0.3, -0.25) is 0 Å². The Bertz CT molecular complexity index is 297. The molecule has 0 atom stereocenters. The largest absolute Gasteiger partial charge is 0.504 e. The molecule has 3 nitrogen and oxygen atoms in total. The van der Waals surface area contributed by atoms with Crippen LogP contribution in [0.3, 0.4) is 0 Å². The Morgan fingerprint density at radius 1 is 1.46 bits per heavy atom. The first kappa shape index (κ1) is 9.86. The molecular weight excluding hydrogens is 166 g/mol. The second-order valence-corrected chi connectivity index (χ2v) is 2.96. The van der Waals surface area contributed by atoms with Crippen molar-refractivity contribution in [1.29, 1.82) is 0 Å². The topological polar surface area (TPSA) is 55.5 Å². The highest BCUT2D eigenvalue weighted by Crippen LogP contribution is 2.33. The smallest absolute Gasteiger partial charge is 0.163 e. The first-order valence-electron chi connectivity index (χ1n) is 4.26. The molecule has 0 aliphatic carbocycles. The van der Waals surface area contributed by atoms with E-state index in [0.29, 0.717) is 12.3 Å². The molecule has 0 aromatic heterocycles. The van der Waals surface area contributed by atoms with E-state index in [1.54, 1.807) is 7.11 Å². The molecule has 0 fully saturated rings. The lowest BCUT2D eigenvalue weighted by Gasteiger charge is -2.10. The van der Waals surface area contributed by atoms with Gasteiger partial charge in [0.05, 0.1) is 7.11 Å². The number of methoxy groups -OCH3 is 1. The van der Waals surface area contributed by atoms with Crippen molar-refractivity contribution < 1.29 is 9.84 Å². The number of nitrogens with two attached hydrogens (primary N) is 1. The van der Waals surface area contributed by atoms with Gasteiger partial charge in [0.15, 0.2) is 11.5 Å². The van der Waals surface area contributed by atoms with Gasteiger partial charge in [-0.1, -0.05) is 12.1 Å².